The maximum absolute atomic E-state index is 14.2. The van der Waals surface area contributed by atoms with Crippen LogP contribution in [0.1, 0.15) is 43.1 Å². The minimum atomic E-state index is -2.81. The zero-order chi connectivity index (χ0) is 28.4. The molecule has 0 radical (unpaired) electrons. The van der Waals surface area contributed by atoms with Crippen LogP contribution >= 0.6 is 0 Å². The first-order chi connectivity index (χ1) is 17.7. The summed E-state index contributed by atoms with van der Waals surface area (Å²) in [5.41, 5.74) is -0.142. The smallest absolute Gasteiger partial charge is 0.344 e. The van der Waals surface area contributed by atoms with E-state index >= 15 is 0 Å². The number of carbonyl (C=O) groups excluding carboxylic acids is 5. The number of nitrogens with zero attached hydrogens (tertiary/aromatic N) is 1. The molecular weight excluding hydrogens is 496 g/mol. The second-order valence-corrected chi connectivity index (χ2v) is 11.0. The lowest BCUT2D eigenvalue weighted by molar-refractivity contribution is -0.194. The molecule has 1 unspecified atom stereocenters. The molecule has 1 aromatic carbocycles. The topological polar surface area (TPSA) is 174 Å². The summed E-state index contributed by atoms with van der Waals surface area (Å²) in [5.74, 6) is -7.05. The van der Waals surface area contributed by atoms with Crippen molar-refractivity contribution in [3.05, 3.63) is 40.7 Å². The van der Waals surface area contributed by atoms with Crippen molar-refractivity contribution in [1.82, 2.24) is 4.90 Å². The van der Waals surface area contributed by atoms with E-state index in [0.29, 0.717) is 5.56 Å². The standard InChI is InChI=1S/C27H32N2O9/c1-6-37-15(31)11-38-20-17(24(28)35)22(33)27(36)23(34)18-19(32)16-13(8-7-9-14(16)30)10-25(18,2)12-26(27,3)21(20)29(4)5/h7-9,18,21,30,36H,6,10-12H2,1-5H3,(H2,28,35)/t18?,21-,25+,26+,27-/m1/s1. The number of Topliss-reactive ketones (excluding diaryl/α,β-unsaturated/α-hetero) is 3. The van der Waals surface area contributed by atoms with Crippen LogP contribution in [0.4, 0.5) is 0 Å². The molecule has 0 bridgehead atoms. The highest BCUT2D eigenvalue weighted by Crippen LogP contribution is 2.62. The molecule has 3 aliphatic carbocycles. The van der Waals surface area contributed by atoms with Gasteiger partial charge >= 0.3 is 5.97 Å². The Hall–Kier alpha value is -3.57. The van der Waals surface area contributed by atoms with Crippen LogP contribution in [0.3, 0.4) is 0 Å². The van der Waals surface area contributed by atoms with E-state index < -0.39 is 69.8 Å². The highest BCUT2D eigenvalue weighted by molar-refractivity contribution is 6.33. The molecule has 1 aromatic rings. The Morgan fingerprint density at radius 2 is 1.84 bits per heavy atom. The molecule has 0 heterocycles. The van der Waals surface area contributed by atoms with Gasteiger partial charge in [-0.3, -0.25) is 24.1 Å². The average molecular weight is 529 g/mol. The van der Waals surface area contributed by atoms with Crippen LogP contribution in [0.5, 0.6) is 5.75 Å². The van der Waals surface area contributed by atoms with Gasteiger partial charge in [0, 0.05) is 5.41 Å². The van der Waals surface area contributed by atoms with Crippen molar-refractivity contribution in [3.63, 3.8) is 0 Å². The summed E-state index contributed by atoms with van der Waals surface area (Å²) >= 11 is 0. The van der Waals surface area contributed by atoms with Crippen LogP contribution < -0.4 is 5.73 Å². The van der Waals surface area contributed by atoms with Gasteiger partial charge in [-0.2, -0.15) is 0 Å². The fourth-order valence-corrected chi connectivity index (χ4v) is 6.99. The molecule has 11 nitrogen and oxygen atoms in total. The molecule has 4 N–H and O–H groups in total. The van der Waals surface area contributed by atoms with Crippen LogP contribution in [-0.2, 0) is 35.1 Å². The fourth-order valence-electron chi connectivity index (χ4n) is 6.99. The molecule has 0 saturated heterocycles. The summed E-state index contributed by atoms with van der Waals surface area (Å²) in [6, 6.07) is 3.56. The number of hydrogen-bond acceptors (Lipinski definition) is 10. The predicted molar refractivity (Wildman–Crippen MR) is 132 cm³/mol. The predicted octanol–water partition coefficient (Wildman–Crippen LogP) is 0.296. The molecule has 4 rings (SSSR count). The lowest BCUT2D eigenvalue weighted by Crippen LogP contribution is -2.76. The number of phenolic OH excluding ortho intramolecular Hbond substituents is 1. The number of nitrogens with two attached hydrogens (primary N) is 1. The molecule has 38 heavy (non-hydrogen) atoms. The Kier molecular flexibility index (Phi) is 6.52. The van der Waals surface area contributed by atoms with E-state index in [4.69, 9.17) is 15.2 Å². The van der Waals surface area contributed by atoms with Crippen LogP contribution in [0.2, 0.25) is 0 Å². The first-order valence-corrected chi connectivity index (χ1v) is 12.3. The molecule has 1 fully saturated rings. The molecule has 3 aliphatic rings. The number of esters is 1. The minimum Gasteiger partial charge on any atom is -0.507 e. The van der Waals surface area contributed by atoms with E-state index in [0.717, 1.165) is 0 Å². The third-order valence-corrected chi connectivity index (χ3v) is 8.21. The number of carbonyl (C=O) groups is 5. The van der Waals surface area contributed by atoms with Crippen molar-refractivity contribution >= 4 is 29.2 Å². The highest BCUT2D eigenvalue weighted by atomic mass is 16.6. The van der Waals surface area contributed by atoms with E-state index in [1.807, 2.05) is 0 Å². The second kappa shape index (κ2) is 9.02. The van der Waals surface area contributed by atoms with Crippen molar-refractivity contribution in [1.29, 1.82) is 0 Å². The number of likely N-dealkylation sites (N-methyl/N-ethyl adjacent to an activating group) is 1. The van der Waals surface area contributed by atoms with Gasteiger partial charge in [0.05, 0.1) is 24.1 Å². The van der Waals surface area contributed by atoms with Gasteiger partial charge < -0.3 is 25.4 Å². The summed E-state index contributed by atoms with van der Waals surface area (Å²) in [6.07, 6.45) is 0.199. The van der Waals surface area contributed by atoms with Gasteiger partial charge in [0.1, 0.15) is 17.1 Å². The van der Waals surface area contributed by atoms with E-state index in [2.05, 4.69) is 0 Å². The van der Waals surface area contributed by atoms with Gasteiger partial charge in [-0.15, -0.1) is 0 Å². The summed E-state index contributed by atoms with van der Waals surface area (Å²) in [7, 11) is 3.22. The number of fused-ring (bicyclic) bond motifs is 3. The SMILES string of the molecule is CCOC(=O)COC1=C(C(N)=O)C(=O)[C@@]2(O)C(=O)C3C(=O)c4c(O)cccc4C[C@@]3(C)C[C@@]2(C)[C@@H]1N(C)C. The highest BCUT2D eigenvalue weighted by Gasteiger charge is 2.75. The van der Waals surface area contributed by atoms with E-state index in [-0.39, 0.29) is 36.5 Å². The van der Waals surface area contributed by atoms with E-state index in [1.165, 1.54) is 13.0 Å². The maximum Gasteiger partial charge on any atom is 0.344 e. The van der Waals surface area contributed by atoms with Crippen LogP contribution in [-0.4, -0.2) is 83.3 Å². The number of aromatic hydroxyl groups is 1. The third-order valence-electron chi connectivity index (χ3n) is 8.21. The van der Waals surface area contributed by atoms with Crippen LogP contribution in [0.15, 0.2) is 29.5 Å². The number of rotatable bonds is 6. The monoisotopic (exact) mass is 528 g/mol. The molecule has 0 spiro atoms. The Balaban J connectivity index is 1.94. The Labute approximate surface area is 219 Å². The molecule has 0 aliphatic heterocycles. The number of benzene rings is 1. The normalized spacial score (nSPS) is 32.4. The number of ether oxygens (including phenoxy) is 2. The largest absolute Gasteiger partial charge is 0.507 e. The fraction of sp³-hybridized carbons (Fsp3) is 0.519. The van der Waals surface area contributed by atoms with Gasteiger partial charge in [-0.25, -0.2) is 4.79 Å². The molecule has 0 aromatic heterocycles. The Bertz CT molecular complexity index is 1300. The zero-order valence-electron chi connectivity index (χ0n) is 22.0. The van der Waals surface area contributed by atoms with E-state index in [1.54, 1.807) is 45.0 Å². The van der Waals surface area contributed by atoms with Gasteiger partial charge in [0.25, 0.3) is 5.91 Å². The number of amides is 1. The summed E-state index contributed by atoms with van der Waals surface area (Å²) in [6.45, 7) is 4.31. The maximum atomic E-state index is 14.2. The second-order valence-electron chi connectivity index (χ2n) is 11.0. The third kappa shape index (κ3) is 3.59. The van der Waals surface area contributed by atoms with Crippen LogP contribution in [0, 0.1) is 16.7 Å². The Morgan fingerprint density at radius 3 is 2.42 bits per heavy atom. The number of phenols is 1. The minimum absolute atomic E-state index is 0.0133. The molecule has 1 amide bonds. The van der Waals surface area contributed by atoms with Crippen molar-refractivity contribution < 1.29 is 43.7 Å². The Morgan fingerprint density at radius 1 is 1.18 bits per heavy atom. The van der Waals surface area contributed by atoms with Crippen molar-refractivity contribution in [2.45, 2.75) is 45.3 Å². The lowest BCUT2D eigenvalue weighted by Gasteiger charge is -2.61. The van der Waals surface area contributed by atoms with E-state index in [9.17, 15) is 34.2 Å². The van der Waals surface area contributed by atoms with Gasteiger partial charge in [-0.1, -0.05) is 26.0 Å². The number of hydrogen-bond donors (Lipinski definition) is 3. The zero-order valence-corrected chi connectivity index (χ0v) is 22.0. The summed E-state index contributed by atoms with van der Waals surface area (Å²) < 4.78 is 10.6. The van der Waals surface area contributed by atoms with Crippen molar-refractivity contribution in [2.24, 2.45) is 22.5 Å². The summed E-state index contributed by atoms with van der Waals surface area (Å²) in [4.78, 5) is 67.9. The van der Waals surface area contributed by atoms with Gasteiger partial charge in [0.2, 0.25) is 5.78 Å². The van der Waals surface area contributed by atoms with Gasteiger partial charge in [-0.05, 0) is 50.9 Å². The molecule has 11 heteroatoms. The lowest BCUT2D eigenvalue weighted by atomic mass is 9.43. The number of aliphatic hydroxyl groups is 1. The van der Waals surface area contributed by atoms with Crippen LogP contribution in [0.25, 0.3) is 0 Å². The number of primary amides is 1. The first kappa shape index (κ1) is 27.5. The molecule has 1 saturated carbocycles. The van der Waals surface area contributed by atoms with Crippen molar-refractivity contribution in [2.75, 3.05) is 27.3 Å². The summed E-state index contributed by atoms with van der Waals surface area (Å²) in [5, 5.41) is 22.5. The molecule has 204 valence electrons. The quantitative estimate of drug-likeness (QED) is 0.265. The first-order valence-electron chi connectivity index (χ1n) is 12.3. The molecule has 5 atom stereocenters. The molecular formula is C27H32N2O9. The average Bonchev–Trinajstić information content (AvgIpc) is 2.79. The number of ketones is 3. The van der Waals surface area contributed by atoms with Crippen molar-refractivity contribution in [3.8, 4) is 5.75 Å². The van der Waals surface area contributed by atoms with Gasteiger partial charge in [0.15, 0.2) is 23.8 Å².